The van der Waals surface area contributed by atoms with Crippen molar-refractivity contribution in [3.63, 3.8) is 0 Å². The molecule has 0 aromatic carbocycles. The van der Waals surface area contributed by atoms with Crippen LogP contribution < -0.4 is 5.32 Å². The summed E-state index contributed by atoms with van der Waals surface area (Å²) in [6.45, 7) is 1.28. The number of hydrogen-bond donors (Lipinski definition) is 3. The van der Waals surface area contributed by atoms with Crippen molar-refractivity contribution in [3.05, 3.63) is 0 Å². The highest BCUT2D eigenvalue weighted by Crippen LogP contribution is 2.23. The van der Waals surface area contributed by atoms with Crippen molar-refractivity contribution in [2.45, 2.75) is 11.4 Å². The van der Waals surface area contributed by atoms with E-state index in [0.717, 1.165) is 6.54 Å². The molecule has 1 aliphatic rings. The molecule has 1 rings (SSSR count). The molecule has 0 amide bonds. The zero-order valence-corrected chi connectivity index (χ0v) is 9.24. The van der Waals surface area contributed by atoms with E-state index in [2.05, 4.69) is 5.32 Å². The van der Waals surface area contributed by atoms with E-state index in [1.54, 1.807) is 0 Å². The Morgan fingerprint density at radius 3 is 2.92 bits per heavy atom. The summed E-state index contributed by atoms with van der Waals surface area (Å²) < 4.78 is 0. The van der Waals surface area contributed by atoms with Crippen molar-refractivity contribution in [1.29, 1.82) is 0 Å². The summed E-state index contributed by atoms with van der Waals surface area (Å²) in [4.78, 5) is 0. The van der Waals surface area contributed by atoms with Crippen LogP contribution in [0.2, 0.25) is 0 Å². The van der Waals surface area contributed by atoms with E-state index < -0.39 is 6.10 Å². The quantitative estimate of drug-likeness (QED) is 0.601. The molecule has 3 N–H and O–H groups in total. The fourth-order valence-electron chi connectivity index (χ4n) is 1.13. The van der Waals surface area contributed by atoms with Gasteiger partial charge in [-0.15, -0.1) is 0 Å². The van der Waals surface area contributed by atoms with E-state index >= 15 is 0 Å². The lowest BCUT2D eigenvalue weighted by atomic mass is 10.3. The minimum atomic E-state index is -0.610. The van der Waals surface area contributed by atoms with Gasteiger partial charge in [-0.05, 0) is 0 Å². The first-order chi connectivity index (χ1) is 6.33. The molecule has 78 valence electrons. The molecule has 0 radical (unpaired) electrons. The third-order valence-corrected chi connectivity index (χ3v) is 4.69. The van der Waals surface area contributed by atoms with Gasteiger partial charge in [-0.25, -0.2) is 0 Å². The monoisotopic (exact) mass is 223 g/mol. The van der Waals surface area contributed by atoms with Crippen LogP contribution in [0.4, 0.5) is 0 Å². The normalized spacial score (nSPS) is 25.8. The predicted octanol–water partition coefficient (Wildman–Crippen LogP) is -0.222. The molecule has 0 spiro atoms. The van der Waals surface area contributed by atoms with Crippen LogP contribution in [0.25, 0.3) is 0 Å². The zero-order chi connectivity index (χ0) is 9.52. The average Bonchev–Trinajstić information content (AvgIpc) is 2.19. The van der Waals surface area contributed by atoms with Gasteiger partial charge in [-0.2, -0.15) is 23.5 Å². The average molecular weight is 223 g/mol. The molecule has 1 heterocycles. The Labute approximate surface area is 87.7 Å². The molecule has 2 unspecified atom stereocenters. The summed E-state index contributed by atoms with van der Waals surface area (Å²) in [7, 11) is 0. The van der Waals surface area contributed by atoms with Gasteiger partial charge in [0.1, 0.15) is 0 Å². The van der Waals surface area contributed by atoms with Crippen LogP contribution in [0.15, 0.2) is 0 Å². The number of thioether (sulfide) groups is 2. The largest absolute Gasteiger partial charge is 0.394 e. The fraction of sp³-hybridized carbons (Fsp3) is 1.00. The molecule has 0 bridgehead atoms. The van der Waals surface area contributed by atoms with E-state index in [1.165, 1.54) is 17.3 Å². The molecule has 1 aliphatic heterocycles. The third kappa shape index (κ3) is 5.12. The Hall–Kier alpha value is 0.580. The fourth-order valence-corrected chi connectivity index (χ4v) is 3.78. The summed E-state index contributed by atoms with van der Waals surface area (Å²) >= 11 is 3.99. The maximum atomic E-state index is 9.06. The lowest BCUT2D eigenvalue weighted by Crippen LogP contribution is -2.35. The van der Waals surface area contributed by atoms with Crippen LogP contribution in [-0.4, -0.2) is 58.5 Å². The van der Waals surface area contributed by atoms with Crippen molar-refractivity contribution >= 4 is 23.5 Å². The number of aliphatic hydroxyl groups excluding tert-OH is 2. The molecule has 5 heteroatoms. The smallest absolute Gasteiger partial charge is 0.0894 e. The highest BCUT2D eigenvalue weighted by Gasteiger charge is 2.13. The van der Waals surface area contributed by atoms with Crippen molar-refractivity contribution in [1.82, 2.24) is 5.32 Å². The Kier molecular flexibility index (Phi) is 6.23. The number of hydrogen-bond acceptors (Lipinski definition) is 5. The summed E-state index contributed by atoms with van der Waals surface area (Å²) in [5.41, 5.74) is 0. The van der Waals surface area contributed by atoms with Crippen molar-refractivity contribution in [2.24, 2.45) is 0 Å². The molecule has 1 saturated heterocycles. The first kappa shape index (κ1) is 11.7. The Balaban J connectivity index is 1.98. The Bertz CT molecular complexity index is 131. The summed E-state index contributed by atoms with van der Waals surface area (Å²) in [5.74, 6) is 3.70. The lowest BCUT2D eigenvalue weighted by molar-refractivity contribution is 0.0947. The van der Waals surface area contributed by atoms with Gasteiger partial charge in [0.2, 0.25) is 0 Å². The molecule has 0 saturated carbocycles. The maximum absolute atomic E-state index is 9.06. The first-order valence-corrected chi connectivity index (χ1v) is 6.72. The van der Waals surface area contributed by atoms with Crippen LogP contribution in [0, 0.1) is 0 Å². The molecule has 13 heavy (non-hydrogen) atoms. The Morgan fingerprint density at radius 2 is 2.31 bits per heavy atom. The number of nitrogens with one attached hydrogen (secondary N) is 1. The van der Waals surface area contributed by atoms with Gasteiger partial charge in [0.25, 0.3) is 0 Å². The van der Waals surface area contributed by atoms with Gasteiger partial charge < -0.3 is 15.5 Å². The molecule has 0 aromatic rings. The zero-order valence-electron chi connectivity index (χ0n) is 7.61. The van der Waals surface area contributed by atoms with Crippen LogP contribution in [0.3, 0.4) is 0 Å². The second kappa shape index (κ2) is 6.95. The van der Waals surface area contributed by atoms with Gasteiger partial charge in [0, 0.05) is 35.6 Å². The van der Waals surface area contributed by atoms with E-state index in [4.69, 9.17) is 10.2 Å². The highest BCUT2D eigenvalue weighted by molar-refractivity contribution is 8.06. The summed E-state index contributed by atoms with van der Waals surface area (Å²) in [5, 5.41) is 21.5. The molecular formula is C8H17NO2S2. The first-order valence-electron chi connectivity index (χ1n) is 4.52. The lowest BCUT2D eigenvalue weighted by Gasteiger charge is -2.21. The van der Waals surface area contributed by atoms with Gasteiger partial charge in [-0.3, -0.25) is 0 Å². The number of rotatable bonds is 5. The van der Waals surface area contributed by atoms with Gasteiger partial charge in [-0.1, -0.05) is 0 Å². The summed E-state index contributed by atoms with van der Waals surface area (Å²) in [6.07, 6.45) is -0.610. The standard InChI is InChI=1S/C8H17NO2S2/c10-5-7(11)3-9-4-8-6-12-1-2-13-8/h7-11H,1-6H2. The van der Waals surface area contributed by atoms with E-state index in [9.17, 15) is 0 Å². The van der Waals surface area contributed by atoms with E-state index in [1.807, 2.05) is 23.5 Å². The second-order valence-corrected chi connectivity index (χ2v) is 5.62. The molecule has 3 nitrogen and oxygen atoms in total. The highest BCUT2D eigenvalue weighted by atomic mass is 32.2. The second-order valence-electron chi connectivity index (χ2n) is 3.06. The maximum Gasteiger partial charge on any atom is 0.0894 e. The molecule has 2 atom stereocenters. The SMILES string of the molecule is OCC(O)CNCC1CSCCS1. The molecular weight excluding hydrogens is 206 g/mol. The van der Waals surface area contributed by atoms with Crippen LogP contribution >= 0.6 is 23.5 Å². The molecule has 0 aliphatic carbocycles. The number of aliphatic hydroxyl groups is 2. The van der Waals surface area contributed by atoms with Crippen molar-refractivity contribution in [2.75, 3.05) is 37.0 Å². The van der Waals surface area contributed by atoms with E-state index in [0.29, 0.717) is 11.8 Å². The van der Waals surface area contributed by atoms with Crippen LogP contribution in [-0.2, 0) is 0 Å². The molecule has 1 fully saturated rings. The van der Waals surface area contributed by atoms with E-state index in [-0.39, 0.29) is 6.61 Å². The van der Waals surface area contributed by atoms with Crippen LogP contribution in [0.5, 0.6) is 0 Å². The summed E-state index contributed by atoms with van der Waals surface area (Å²) in [6, 6.07) is 0. The van der Waals surface area contributed by atoms with Crippen molar-refractivity contribution < 1.29 is 10.2 Å². The third-order valence-electron chi connectivity index (χ3n) is 1.85. The van der Waals surface area contributed by atoms with Gasteiger partial charge in [0.15, 0.2) is 0 Å². The van der Waals surface area contributed by atoms with Gasteiger partial charge >= 0.3 is 0 Å². The predicted molar refractivity (Wildman–Crippen MR) is 59.5 cm³/mol. The minimum Gasteiger partial charge on any atom is -0.394 e. The molecule has 0 aromatic heterocycles. The van der Waals surface area contributed by atoms with Crippen LogP contribution in [0.1, 0.15) is 0 Å². The topological polar surface area (TPSA) is 52.5 Å². The van der Waals surface area contributed by atoms with Gasteiger partial charge in [0.05, 0.1) is 12.7 Å². The van der Waals surface area contributed by atoms with Crippen molar-refractivity contribution in [3.8, 4) is 0 Å². The minimum absolute atomic E-state index is 0.153. The Morgan fingerprint density at radius 1 is 1.46 bits per heavy atom.